The minimum Gasteiger partial charge on any atom is -0.352 e. The number of carbonyl (C=O) groups is 1. The second kappa shape index (κ2) is 6.80. The van der Waals surface area contributed by atoms with E-state index < -0.39 is 5.82 Å². The topological polar surface area (TPSA) is 29.1 Å². The Labute approximate surface area is 138 Å². The van der Waals surface area contributed by atoms with E-state index in [1.807, 2.05) is 42.5 Å². The van der Waals surface area contributed by atoms with Gasteiger partial charge in [0.05, 0.1) is 6.42 Å². The van der Waals surface area contributed by atoms with Crippen LogP contribution in [0.1, 0.15) is 11.1 Å². The van der Waals surface area contributed by atoms with Crippen molar-refractivity contribution in [1.82, 2.24) is 5.32 Å². The predicted octanol–water partition coefficient (Wildman–Crippen LogP) is 4.49. The highest BCUT2D eigenvalue weighted by Gasteiger charge is 2.08. The van der Waals surface area contributed by atoms with E-state index in [1.165, 1.54) is 12.1 Å². The van der Waals surface area contributed by atoms with Gasteiger partial charge in [-0.3, -0.25) is 4.79 Å². The monoisotopic (exact) mass is 327 g/mol. The molecule has 2 nitrogen and oxygen atoms in total. The molecular weight excluding hydrogens is 313 g/mol. The van der Waals surface area contributed by atoms with E-state index in [9.17, 15) is 9.18 Å². The number of amides is 1. The highest BCUT2D eigenvalue weighted by Crippen LogP contribution is 2.16. The van der Waals surface area contributed by atoms with Crippen LogP contribution in [0.25, 0.3) is 10.8 Å². The fraction of sp³-hybridized carbons (Fsp3) is 0.105. The quantitative estimate of drug-likeness (QED) is 0.751. The number of halogens is 2. The van der Waals surface area contributed by atoms with Crippen LogP contribution < -0.4 is 5.32 Å². The summed E-state index contributed by atoms with van der Waals surface area (Å²) in [5.41, 5.74) is 1.35. The average Bonchev–Trinajstić information content (AvgIpc) is 2.55. The summed E-state index contributed by atoms with van der Waals surface area (Å²) in [7, 11) is 0. The lowest BCUT2D eigenvalue weighted by molar-refractivity contribution is -0.120. The SMILES string of the molecule is O=C(Cc1ccc(Cl)cc1F)NCc1ccc2ccccc2c1. The molecule has 3 aromatic rings. The zero-order valence-electron chi connectivity index (χ0n) is 12.4. The molecule has 0 spiro atoms. The van der Waals surface area contributed by atoms with Gasteiger partial charge in [-0.15, -0.1) is 0 Å². The van der Waals surface area contributed by atoms with Gasteiger partial charge in [-0.25, -0.2) is 4.39 Å². The molecule has 0 aliphatic carbocycles. The van der Waals surface area contributed by atoms with Crippen molar-refractivity contribution < 1.29 is 9.18 Å². The molecule has 0 unspecified atom stereocenters. The van der Waals surface area contributed by atoms with Crippen molar-refractivity contribution in [3.05, 3.63) is 82.6 Å². The first kappa shape index (κ1) is 15.5. The van der Waals surface area contributed by atoms with Crippen molar-refractivity contribution in [2.45, 2.75) is 13.0 Å². The summed E-state index contributed by atoms with van der Waals surface area (Å²) >= 11 is 5.70. The van der Waals surface area contributed by atoms with Crippen molar-refractivity contribution in [2.24, 2.45) is 0 Å². The summed E-state index contributed by atoms with van der Waals surface area (Å²) in [6.45, 7) is 0.416. The van der Waals surface area contributed by atoms with Crippen molar-refractivity contribution in [3.63, 3.8) is 0 Å². The van der Waals surface area contributed by atoms with E-state index >= 15 is 0 Å². The molecule has 1 amide bonds. The lowest BCUT2D eigenvalue weighted by Crippen LogP contribution is -2.24. The van der Waals surface area contributed by atoms with E-state index in [1.54, 1.807) is 6.07 Å². The molecule has 116 valence electrons. The molecule has 3 rings (SSSR count). The summed E-state index contributed by atoms with van der Waals surface area (Å²) in [4.78, 5) is 12.0. The van der Waals surface area contributed by atoms with Gasteiger partial charge in [0.15, 0.2) is 0 Å². The first-order chi connectivity index (χ1) is 11.1. The van der Waals surface area contributed by atoms with Crippen LogP contribution in [-0.4, -0.2) is 5.91 Å². The van der Waals surface area contributed by atoms with E-state index in [0.29, 0.717) is 17.1 Å². The Morgan fingerprint density at radius 1 is 1.00 bits per heavy atom. The van der Waals surface area contributed by atoms with Crippen molar-refractivity contribution in [1.29, 1.82) is 0 Å². The number of benzene rings is 3. The second-order valence-corrected chi connectivity index (χ2v) is 5.81. The standard InChI is InChI=1S/C19H15ClFNO/c20-17-8-7-16(18(21)11-17)10-19(23)22-12-13-5-6-14-3-1-2-4-15(14)9-13/h1-9,11H,10,12H2,(H,22,23). The van der Waals surface area contributed by atoms with Crippen LogP contribution in [0.15, 0.2) is 60.7 Å². The number of hydrogen-bond donors (Lipinski definition) is 1. The highest BCUT2D eigenvalue weighted by atomic mass is 35.5. The summed E-state index contributed by atoms with van der Waals surface area (Å²) in [6, 6.07) is 18.4. The summed E-state index contributed by atoms with van der Waals surface area (Å²) in [5.74, 6) is -0.683. The van der Waals surface area contributed by atoms with Crippen LogP contribution in [0, 0.1) is 5.82 Å². The normalized spacial score (nSPS) is 10.7. The molecule has 0 aliphatic rings. The molecule has 0 radical (unpaired) electrons. The Morgan fingerprint density at radius 3 is 2.57 bits per heavy atom. The van der Waals surface area contributed by atoms with Gasteiger partial charge in [0.25, 0.3) is 0 Å². The molecule has 0 saturated heterocycles. The maximum Gasteiger partial charge on any atom is 0.224 e. The van der Waals surface area contributed by atoms with Gasteiger partial charge in [-0.2, -0.15) is 0 Å². The maximum absolute atomic E-state index is 13.7. The van der Waals surface area contributed by atoms with Crippen LogP contribution in [0.5, 0.6) is 0 Å². The smallest absolute Gasteiger partial charge is 0.224 e. The molecule has 0 heterocycles. The van der Waals surface area contributed by atoms with E-state index in [-0.39, 0.29) is 12.3 Å². The second-order valence-electron chi connectivity index (χ2n) is 5.37. The number of nitrogens with one attached hydrogen (secondary N) is 1. The van der Waals surface area contributed by atoms with Crippen LogP contribution in [0.3, 0.4) is 0 Å². The molecule has 0 fully saturated rings. The van der Waals surface area contributed by atoms with Gasteiger partial charge in [0.2, 0.25) is 5.91 Å². The van der Waals surface area contributed by atoms with Crippen molar-refractivity contribution >= 4 is 28.3 Å². The Morgan fingerprint density at radius 2 is 1.78 bits per heavy atom. The van der Waals surface area contributed by atoms with Gasteiger partial charge in [-0.1, -0.05) is 54.1 Å². The first-order valence-electron chi connectivity index (χ1n) is 7.30. The third kappa shape index (κ3) is 3.88. The molecule has 0 bridgehead atoms. The minimum atomic E-state index is -0.460. The number of rotatable bonds is 4. The van der Waals surface area contributed by atoms with Crippen molar-refractivity contribution in [3.8, 4) is 0 Å². The van der Waals surface area contributed by atoms with Crippen LogP contribution >= 0.6 is 11.6 Å². The number of hydrogen-bond acceptors (Lipinski definition) is 1. The zero-order chi connectivity index (χ0) is 16.2. The average molecular weight is 328 g/mol. The molecule has 0 aliphatic heterocycles. The lowest BCUT2D eigenvalue weighted by atomic mass is 10.1. The van der Waals surface area contributed by atoms with Crippen molar-refractivity contribution in [2.75, 3.05) is 0 Å². The van der Waals surface area contributed by atoms with Gasteiger partial charge < -0.3 is 5.32 Å². The molecule has 0 aromatic heterocycles. The Kier molecular flexibility index (Phi) is 4.58. The summed E-state index contributed by atoms with van der Waals surface area (Å²) in [6.07, 6.45) is -0.00339. The Bertz CT molecular complexity index is 863. The highest BCUT2D eigenvalue weighted by molar-refractivity contribution is 6.30. The van der Waals surface area contributed by atoms with Crippen LogP contribution in [0.2, 0.25) is 5.02 Å². The van der Waals surface area contributed by atoms with Crippen LogP contribution in [0.4, 0.5) is 4.39 Å². The van der Waals surface area contributed by atoms with Crippen LogP contribution in [-0.2, 0) is 17.8 Å². The minimum absolute atomic E-state index is 0.00339. The molecule has 23 heavy (non-hydrogen) atoms. The third-order valence-corrected chi connectivity index (χ3v) is 3.90. The Hall–Kier alpha value is -2.39. The first-order valence-corrected chi connectivity index (χ1v) is 7.68. The largest absolute Gasteiger partial charge is 0.352 e. The third-order valence-electron chi connectivity index (χ3n) is 3.67. The van der Waals surface area contributed by atoms with E-state index in [0.717, 1.165) is 16.3 Å². The van der Waals surface area contributed by atoms with Gasteiger partial charge in [-0.05, 0) is 40.1 Å². The van der Waals surface area contributed by atoms with Gasteiger partial charge in [0, 0.05) is 11.6 Å². The zero-order valence-corrected chi connectivity index (χ0v) is 13.1. The fourth-order valence-corrected chi connectivity index (χ4v) is 2.61. The molecular formula is C19H15ClFNO. The molecule has 0 atom stereocenters. The number of fused-ring (bicyclic) bond motifs is 1. The molecule has 1 N–H and O–H groups in total. The van der Waals surface area contributed by atoms with Gasteiger partial charge in [0.1, 0.15) is 5.82 Å². The van der Waals surface area contributed by atoms with E-state index in [2.05, 4.69) is 5.32 Å². The maximum atomic E-state index is 13.7. The molecule has 3 aromatic carbocycles. The molecule has 4 heteroatoms. The van der Waals surface area contributed by atoms with Gasteiger partial charge >= 0.3 is 0 Å². The fourth-order valence-electron chi connectivity index (χ4n) is 2.45. The summed E-state index contributed by atoms with van der Waals surface area (Å²) in [5, 5.41) is 5.42. The molecule has 0 saturated carbocycles. The Balaban J connectivity index is 1.63. The number of carbonyl (C=O) groups excluding carboxylic acids is 1. The summed E-state index contributed by atoms with van der Waals surface area (Å²) < 4.78 is 13.7. The lowest BCUT2D eigenvalue weighted by Gasteiger charge is -2.07. The predicted molar refractivity (Wildman–Crippen MR) is 90.9 cm³/mol. The van der Waals surface area contributed by atoms with E-state index in [4.69, 9.17) is 11.6 Å².